The fourth-order valence-corrected chi connectivity index (χ4v) is 0.845. The lowest BCUT2D eigenvalue weighted by Gasteiger charge is -2.19. The molecule has 0 aromatic carbocycles. The second-order valence-electron chi connectivity index (χ2n) is 3.73. The fraction of sp³-hybridized carbons (Fsp3) is 0.900. The molecule has 13 heavy (non-hydrogen) atoms. The van der Waals surface area contributed by atoms with Gasteiger partial charge >= 0.3 is 5.97 Å². The second-order valence-corrected chi connectivity index (χ2v) is 3.73. The maximum Gasteiger partial charge on any atom is 0.310 e. The average Bonchev–Trinajstić information content (AvgIpc) is 2.06. The lowest BCUT2D eigenvalue weighted by molar-refractivity contribution is -0.155. The van der Waals surface area contributed by atoms with E-state index in [4.69, 9.17) is 10.5 Å². The van der Waals surface area contributed by atoms with Gasteiger partial charge < -0.3 is 10.5 Å². The van der Waals surface area contributed by atoms with Gasteiger partial charge in [-0.3, -0.25) is 4.79 Å². The van der Waals surface area contributed by atoms with Crippen molar-refractivity contribution < 1.29 is 9.53 Å². The molecule has 0 bridgehead atoms. The number of ether oxygens (including phenoxy) is 1. The third-order valence-electron chi connectivity index (χ3n) is 2.35. The molecular weight excluding hydrogens is 166 g/mol. The van der Waals surface area contributed by atoms with Crippen molar-refractivity contribution in [1.29, 1.82) is 0 Å². The second kappa shape index (κ2) is 5.97. The monoisotopic (exact) mass is 187 g/mol. The maximum atomic E-state index is 11.4. The molecule has 0 heterocycles. The molecule has 0 saturated carbocycles. The molecule has 0 aliphatic carbocycles. The molecule has 3 heteroatoms. The Bertz CT molecular complexity index is 153. The third-order valence-corrected chi connectivity index (χ3v) is 2.35. The highest BCUT2D eigenvalue weighted by Gasteiger charge is 2.19. The molecule has 0 rings (SSSR count). The van der Waals surface area contributed by atoms with Crippen LogP contribution in [-0.4, -0.2) is 18.6 Å². The zero-order valence-corrected chi connectivity index (χ0v) is 9.04. The molecule has 0 fully saturated rings. The highest BCUT2D eigenvalue weighted by atomic mass is 16.5. The Hall–Kier alpha value is -0.570. The van der Waals surface area contributed by atoms with Crippen molar-refractivity contribution in [2.45, 2.75) is 40.2 Å². The van der Waals surface area contributed by atoms with Crippen LogP contribution in [0.2, 0.25) is 0 Å². The minimum atomic E-state index is -0.161. The molecule has 0 aromatic heterocycles. The first kappa shape index (κ1) is 12.4. The summed E-state index contributed by atoms with van der Waals surface area (Å²) in [5.41, 5.74) is 5.44. The Morgan fingerprint density at radius 3 is 2.23 bits per heavy atom. The molecule has 0 saturated heterocycles. The summed E-state index contributed by atoms with van der Waals surface area (Å²) in [6.45, 7) is 8.29. The smallest absolute Gasteiger partial charge is 0.310 e. The minimum absolute atomic E-state index is 0.0203. The Balaban J connectivity index is 3.98. The van der Waals surface area contributed by atoms with Crippen molar-refractivity contribution in [2.75, 3.05) is 6.54 Å². The molecule has 0 radical (unpaired) electrons. The quantitative estimate of drug-likeness (QED) is 0.664. The van der Waals surface area contributed by atoms with Gasteiger partial charge in [0.2, 0.25) is 0 Å². The normalized spacial score (nSPS) is 15.5. The van der Waals surface area contributed by atoms with E-state index in [-0.39, 0.29) is 18.0 Å². The Morgan fingerprint density at radius 1 is 1.38 bits per heavy atom. The van der Waals surface area contributed by atoms with E-state index in [2.05, 4.69) is 0 Å². The molecule has 2 atom stereocenters. The third kappa shape index (κ3) is 4.27. The van der Waals surface area contributed by atoms with Crippen LogP contribution >= 0.6 is 0 Å². The first-order valence-electron chi connectivity index (χ1n) is 4.93. The van der Waals surface area contributed by atoms with E-state index in [1.807, 2.05) is 27.7 Å². The van der Waals surface area contributed by atoms with Crippen LogP contribution in [0.15, 0.2) is 0 Å². The van der Waals surface area contributed by atoms with E-state index in [1.54, 1.807) is 0 Å². The minimum Gasteiger partial charge on any atom is -0.462 e. The highest BCUT2D eigenvalue weighted by molar-refractivity contribution is 5.72. The zero-order valence-electron chi connectivity index (χ0n) is 9.04. The summed E-state index contributed by atoms with van der Waals surface area (Å²) < 4.78 is 5.24. The number of rotatable bonds is 5. The lowest BCUT2D eigenvalue weighted by Crippen LogP contribution is -2.29. The van der Waals surface area contributed by atoms with Crippen molar-refractivity contribution in [3.63, 3.8) is 0 Å². The topological polar surface area (TPSA) is 52.3 Å². The summed E-state index contributed by atoms with van der Waals surface area (Å²) in [5, 5.41) is 0. The summed E-state index contributed by atoms with van der Waals surface area (Å²) in [5.74, 6) is 0.0617. The van der Waals surface area contributed by atoms with Crippen LogP contribution < -0.4 is 5.73 Å². The largest absolute Gasteiger partial charge is 0.462 e. The number of hydrogen-bond donors (Lipinski definition) is 1. The van der Waals surface area contributed by atoms with Crippen LogP contribution in [0.3, 0.4) is 0 Å². The predicted octanol–water partition coefficient (Wildman–Crippen LogP) is 1.56. The molecule has 0 aliphatic rings. The average molecular weight is 187 g/mol. The first-order chi connectivity index (χ1) is 6.02. The number of carbonyl (C=O) groups excluding carboxylic acids is 1. The van der Waals surface area contributed by atoms with Crippen LogP contribution in [-0.2, 0) is 9.53 Å². The number of hydrogen-bond acceptors (Lipinski definition) is 3. The summed E-state index contributed by atoms with van der Waals surface area (Å²) in [6.07, 6.45) is 0.730. The van der Waals surface area contributed by atoms with Crippen molar-refractivity contribution in [1.82, 2.24) is 0 Å². The van der Waals surface area contributed by atoms with Crippen LogP contribution in [0.25, 0.3) is 0 Å². The molecular formula is C10H21NO2. The Labute approximate surface area is 80.6 Å². The van der Waals surface area contributed by atoms with Gasteiger partial charge in [-0.1, -0.05) is 20.8 Å². The summed E-state index contributed by atoms with van der Waals surface area (Å²) >= 11 is 0. The molecule has 0 spiro atoms. The van der Waals surface area contributed by atoms with Gasteiger partial charge in [0.15, 0.2) is 0 Å². The summed E-state index contributed by atoms with van der Waals surface area (Å²) in [6, 6.07) is 0. The first-order valence-corrected chi connectivity index (χ1v) is 4.93. The number of carbonyl (C=O) groups is 1. The van der Waals surface area contributed by atoms with Crippen molar-refractivity contribution in [2.24, 2.45) is 17.6 Å². The van der Waals surface area contributed by atoms with Crippen LogP contribution in [0.5, 0.6) is 0 Å². The molecule has 3 nitrogen and oxygen atoms in total. The van der Waals surface area contributed by atoms with Crippen LogP contribution in [0, 0.1) is 11.8 Å². The van der Waals surface area contributed by atoms with Gasteiger partial charge in [0.1, 0.15) is 6.10 Å². The summed E-state index contributed by atoms with van der Waals surface area (Å²) in [4.78, 5) is 11.4. The van der Waals surface area contributed by atoms with Crippen molar-refractivity contribution >= 4 is 5.97 Å². The molecule has 2 unspecified atom stereocenters. The van der Waals surface area contributed by atoms with Gasteiger partial charge in [0.25, 0.3) is 0 Å². The zero-order chi connectivity index (χ0) is 10.4. The van der Waals surface area contributed by atoms with Gasteiger partial charge in [0.05, 0.1) is 5.92 Å². The maximum absolute atomic E-state index is 11.4. The van der Waals surface area contributed by atoms with Crippen LogP contribution in [0.1, 0.15) is 34.1 Å². The molecule has 2 N–H and O–H groups in total. The van der Waals surface area contributed by atoms with Gasteiger partial charge in [-0.05, 0) is 19.3 Å². The molecule has 0 amide bonds. The number of nitrogens with two attached hydrogens (primary N) is 1. The van der Waals surface area contributed by atoms with E-state index in [1.165, 1.54) is 0 Å². The van der Waals surface area contributed by atoms with Gasteiger partial charge in [-0.15, -0.1) is 0 Å². The van der Waals surface area contributed by atoms with E-state index in [9.17, 15) is 4.79 Å². The molecule has 0 aliphatic heterocycles. The summed E-state index contributed by atoms with van der Waals surface area (Å²) in [7, 11) is 0. The lowest BCUT2D eigenvalue weighted by atomic mass is 10.1. The van der Waals surface area contributed by atoms with Gasteiger partial charge in [-0.2, -0.15) is 0 Å². The molecule has 0 aromatic rings. The van der Waals surface area contributed by atoms with Crippen molar-refractivity contribution in [3.05, 3.63) is 0 Å². The van der Waals surface area contributed by atoms with Gasteiger partial charge in [0, 0.05) is 6.54 Å². The molecule has 78 valence electrons. The standard InChI is InChI=1S/C10H21NO2/c1-5-9(6-11)10(12)13-8(4)7(2)3/h7-9H,5-6,11H2,1-4H3. The van der Waals surface area contributed by atoms with E-state index in [0.29, 0.717) is 12.5 Å². The highest BCUT2D eigenvalue weighted by Crippen LogP contribution is 2.10. The predicted molar refractivity (Wildman–Crippen MR) is 53.2 cm³/mol. The Kier molecular flexibility index (Phi) is 5.71. The van der Waals surface area contributed by atoms with Gasteiger partial charge in [-0.25, -0.2) is 0 Å². The van der Waals surface area contributed by atoms with E-state index >= 15 is 0 Å². The number of esters is 1. The SMILES string of the molecule is CCC(CN)C(=O)OC(C)C(C)C. The fourth-order valence-electron chi connectivity index (χ4n) is 0.845. The van der Waals surface area contributed by atoms with E-state index in [0.717, 1.165) is 6.42 Å². The van der Waals surface area contributed by atoms with Crippen LogP contribution in [0.4, 0.5) is 0 Å². The van der Waals surface area contributed by atoms with E-state index < -0.39 is 0 Å². The Morgan fingerprint density at radius 2 is 1.92 bits per heavy atom. The van der Waals surface area contributed by atoms with Crippen molar-refractivity contribution in [3.8, 4) is 0 Å².